The summed E-state index contributed by atoms with van der Waals surface area (Å²) in [5.74, 6) is 0.647. The van der Waals surface area contributed by atoms with Gasteiger partial charge in [0, 0.05) is 11.8 Å². The first-order valence-electron chi connectivity index (χ1n) is 12.3. The number of aliphatic hydroxyl groups excluding tert-OH is 1. The number of H-pyrrole nitrogens is 1. The maximum absolute atomic E-state index is 12.4. The van der Waals surface area contributed by atoms with Crippen LogP contribution in [0.3, 0.4) is 0 Å². The number of fused-ring (bicyclic) bond motifs is 1. The number of nitrogens with two attached hydrogens (primary N) is 1. The maximum atomic E-state index is 12.4. The van der Waals surface area contributed by atoms with Gasteiger partial charge in [0.1, 0.15) is 11.3 Å². The van der Waals surface area contributed by atoms with E-state index in [2.05, 4.69) is 68.5 Å². The third-order valence-corrected chi connectivity index (χ3v) is 7.62. The molecule has 0 bridgehead atoms. The lowest BCUT2D eigenvalue weighted by atomic mass is 9.62. The first-order chi connectivity index (χ1) is 18.1. The first-order valence-corrected chi connectivity index (χ1v) is 12.7. The number of halogens is 1. The quantitative estimate of drug-likeness (QED) is 0.157. The third-order valence-electron chi connectivity index (χ3n) is 7.35. The molecular weight excluding hydrogens is 482 g/mol. The van der Waals surface area contributed by atoms with E-state index in [1.165, 1.54) is 0 Å². The molecule has 0 saturated carbocycles. The lowest BCUT2D eigenvalue weighted by Gasteiger charge is -2.42. The smallest absolute Gasteiger partial charge is 0.223 e. The molecule has 3 aromatic carbocycles. The molecule has 0 fully saturated rings. The number of allylic oxidation sites excluding steroid dienone is 1. The third kappa shape index (κ3) is 3.99. The van der Waals surface area contributed by atoms with Crippen LogP contribution < -0.4 is 5.73 Å². The molecule has 1 unspecified atom stereocenters. The summed E-state index contributed by atoms with van der Waals surface area (Å²) in [5, 5.41) is 12.6. The largest absolute Gasteiger partial charge is 0.391 e. The SMILES string of the molecule is Nc1nc(Cl)c2[nH]c([C@@H]3C=C[C@H](C(O)C(c4ccccc4)(c4ccccc4)c4ccccc4)C3)nc2n1. The molecule has 1 aliphatic rings. The van der Waals surface area contributed by atoms with E-state index in [1.54, 1.807) is 0 Å². The predicted molar refractivity (Wildman–Crippen MR) is 146 cm³/mol. The topological polar surface area (TPSA) is 101 Å². The van der Waals surface area contributed by atoms with E-state index in [1.807, 2.05) is 54.6 Å². The van der Waals surface area contributed by atoms with Gasteiger partial charge in [0.25, 0.3) is 0 Å². The van der Waals surface area contributed by atoms with Crippen LogP contribution in [0.1, 0.15) is 34.9 Å². The fraction of sp³-hybridized carbons (Fsp3) is 0.167. The van der Waals surface area contributed by atoms with Gasteiger partial charge in [0.15, 0.2) is 10.8 Å². The zero-order valence-corrected chi connectivity index (χ0v) is 20.8. The van der Waals surface area contributed by atoms with Crippen molar-refractivity contribution in [3.8, 4) is 0 Å². The van der Waals surface area contributed by atoms with Gasteiger partial charge in [0.2, 0.25) is 5.95 Å². The number of anilines is 1. The van der Waals surface area contributed by atoms with Crippen molar-refractivity contribution in [3.05, 3.63) is 131 Å². The lowest BCUT2D eigenvalue weighted by molar-refractivity contribution is 0.0788. The zero-order chi connectivity index (χ0) is 25.4. The number of aromatic amines is 1. The first kappa shape index (κ1) is 23.4. The van der Waals surface area contributed by atoms with Crippen molar-refractivity contribution in [2.75, 3.05) is 5.73 Å². The van der Waals surface area contributed by atoms with Crippen molar-refractivity contribution >= 4 is 28.7 Å². The number of nitrogen functional groups attached to an aromatic ring is 1. The minimum atomic E-state index is -0.773. The highest BCUT2D eigenvalue weighted by Crippen LogP contribution is 2.47. The number of benzene rings is 3. The summed E-state index contributed by atoms with van der Waals surface area (Å²) in [6, 6.07) is 30.8. The number of nitrogens with zero attached hydrogens (tertiary/aromatic N) is 3. The highest BCUT2D eigenvalue weighted by molar-refractivity contribution is 6.33. The lowest BCUT2D eigenvalue weighted by Crippen LogP contribution is -2.45. The van der Waals surface area contributed by atoms with Crippen LogP contribution in [0.2, 0.25) is 5.15 Å². The van der Waals surface area contributed by atoms with E-state index in [0.29, 0.717) is 17.6 Å². The Morgan fingerprint density at radius 1 is 0.811 bits per heavy atom. The molecule has 0 aliphatic heterocycles. The maximum Gasteiger partial charge on any atom is 0.223 e. The summed E-state index contributed by atoms with van der Waals surface area (Å²) >= 11 is 6.26. The van der Waals surface area contributed by atoms with Gasteiger partial charge in [-0.3, -0.25) is 0 Å². The van der Waals surface area contributed by atoms with Gasteiger partial charge in [0.05, 0.1) is 11.5 Å². The molecule has 0 amide bonds. The molecule has 6 rings (SSSR count). The predicted octanol–water partition coefficient (Wildman–Crippen LogP) is 5.64. The Kier molecular flexibility index (Phi) is 5.99. The second-order valence-corrected chi connectivity index (χ2v) is 9.79. The zero-order valence-electron chi connectivity index (χ0n) is 20.0. The van der Waals surface area contributed by atoms with Gasteiger partial charge in [-0.25, -0.2) is 4.98 Å². The van der Waals surface area contributed by atoms with Crippen LogP contribution in [0.15, 0.2) is 103 Å². The van der Waals surface area contributed by atoms with E-state index in [0.717, 1.165) is 22.5 Å². The van der Waals surface area contributed by atoms with E-state index < -0.39 is 11.5 Å². The van der Waals surface area contributed by atoms with Crippen molar-refractivity contribution in [2.24, 2.45) is 5.92 Å². The minimum absolute atomic E-state index is 0.0360. The monoisotopic (exact) mass is 507 g/mol. The van der Waals surface area contributed by atoms with Crippen molar-refractivity contribution in [1.82, 2.24) is 19.9 Å². The fourth-order valence-electron chi connectivity index (χ4n) is 5.67. The summed E-state index contributed by atoms with van der Waals surface area (Å²) in [7, 11) is 0. The van der Waals surface area contributed by atoms with Crippen LogP contribution in [0.5, 0.6) is 0 Å². The van der Waals surface area contributed by atoms with Crippen LogP contribution in [-0.4, -0.2) is 31.1 Å². The Bertz CT molecular complexity index is 1460. The average molecular weight is 508 g/mol. The highest BCUT2D eigenvalue weighted by Gasteiger charge is 2.47. The Hall–Kier alpha value is -4.00. The molecule has 0 saturated heterocycles. The van der Waals surface area contributed by atoms with Crippen molar-refractivity contribution < 1.29 is 5.11 Å². The number of nitrogens with one attached hydrogen (secondary N) is 1. The van der Waals surface area contributed by atoms with Gasteiger partial charge in [-0.2, -0.15) is 9.97 Å². The van der Waals surface area contributed by atoms with Crippen LogP contribution in [0, 0.1) is 5.92 Å². The Morgan fingerprint density at radius 3 is 1.89 bits per heavy atom. The second-order valence-electron chi connectivity index (χ2n) is 9.44. The number of imidazole rings is 1. The number of hydrogen-bond donors (Lipinski definition) is 3. The van der Waals surface area contributed by atoms with E-state index in [9.17, 15) is 5.11 Å². The van der Waals surface area contributed by atoms with Crippen molar-refractivity contribution in [2.45, 2.75) is 23.9 Å². The molecule has 0 radical (unpaired) electrons. The fourth-order valence-corrected chi connectivity index (χ4v) is 5.89. The van der Waals surface area contributed by atoms with E-state index in [-0.39, 0.29) is 22.9 Å². The number of rotatable bonds is 6. The van der Waals surface area contributed by atoms with Crippen molar-refractivity contribution in [1.29, 1.82) is 0 Å². The minimum Gasteiger partial charge on any atom is -0.391 e. The normalized spacial score (nSPS) is 18.3. The van der Waals surface area contributed by atoms with Gasteiger partial charge < -0.3 is 15.8 Å². The summed E-state index contributed by atoms with van der Waals surface area (Å²) in [6.45, 7) is 0. The highest BCUT2D eigenvalue weighted by atomic mass is 35.5. The molecule has 2 aromatic heterocycles. The van der Waals surface area contributed by atoms with Crippen LogP contribution in [0.4, 0.5) is 5.95 Å². The second kappa shape index (κ2) is 9.47. The molecule has 7 heteroatoms. The summed E-state index contributed by atoms with van der Waals surface area (Å²) < 4.78 is 0. The summed E-state index contributed by atoms with van der Waals surface area (Å²) in [4.78, 5) is 16.1. The number of aliphatic hydroxyl groups is 1. The molecule has 37 heavy (non-hydrogen) atoms. The van der Waals surface area contributed by atoms with Crippen molar-refractivity contribution in [3.63, 3.8) is 0 Å². The number of aromatic nitrogens is 4. The van der Waals surface area contributed by atoms with E-state index >= 15 is 0 Å². The van der Waals surface area contributed by atoms with Crippen LogP contribution >= 0.6 is 11.6 Å². The molecule has 2 heterocycles. The Morgan fingerprint density at radius 2 is 1.35 bits per heavy atom. The molecule has 1 aliphatic carbocycles. The molecule has 184 valence electrons. The summed E-state index contributed by atoms with van der Waals surface area (Å²) in [5.41, 5.74) is 9.11. The summed E-state index contributed by atoms with van der Waals surface area (Å²) in [6.07, 6.45) is 4.13. The molecule has 3 atom stereocenters. The van der Waals surface area contributed by atoms with E-state index in [4.69, 9.17) is 17.3 Å². The van der Waals surface area contributed by atoms with Crippen LogP contribution in [-0.2, 0) is 5.41 Å². The van der Waals surface area contributed by atoms with Crippen LogP contribution in [0.25, 0.3) is 11.2 Å². The number of hydrogen-bond acceptors (Lipinski definition) is 5. The Labute approximate surface area is 219 Å². The molecule has 6 nitrogen and oxygen atoms in total. The standard InChI is InChI=1S/C30H26ClN5O/c31-26-24-28(36-29(32)34-26)35-27(33-24)20-17-16-19(18-20)25(37)30(21-10-4-1-5-11-21,22-12-6-2-7-13-22)23-14-8-3-9-15-23/h1-17,19-20,25,37H,18H2,(H3,32,33,34,35,36)/t19-,20+,25?/m0/s1. The molecular formula is C30H26ClN5O. The van der Waals surface area contributed by atoms with Gasteiger partial charge in [-0.05, 0) is 23.1 Å². The van der Waals surface area contributed by atoms with Gasteiger partial charge in [-0.15, -0.1) is 0 Å². The Balaban J connectivity index is 1.43. The average Bonchev–Trinajstić information content (AvgIpc) is 3.59. The molecule has 4 N–H and O–H groups in total. The molecule has 0 spiro atoms. The van der Waals surface area contributed by atoms with Gasteiger partial charge >= 0.3 is 0 Å². The molecule has 5 aromatic rings. The van der Waals surface area contributed by atoms with Gasteiger partial charge in [-0.1, -0.05) is 115 Å².